The molecule has 1 saturated heterocycles. The summed E-state index contributed by atoms with van der Waals surface area (Å²) >= 11 is 1.90. The van der Waals surface area contributed by atoms with Gasteiger partial charge in [0.15, 0.2) is 0 Å². The molecule has 0 saturated carbocycles. The summed E-state index contributed by atoms with van der Waals surface area (Å²) in [5.74, 6) is 0. The van der Waals surface area contributed by atoms with E-state index in [0.717, 1.165) is 19.6 Å². The van der Waals surface area contributed by atoms with Gasteiger partial charge in [-0.2, -0.15) is 0 Å². The van der Waals surface area contributed by atoms with Gasteiger partial charge in [0.05, 0.1) is 0 Å². The smallest absolute Gasteiger partial charge is 0.0346 e. The molecule has 122 valence electrons. The van der Waals surface area contributed by atoms with Crippen molar-refractivity contribution in [2.24, 2.45) is 0 Å². The summed E-state index contributed by atoms with van der Waals surface area (Å²) < 4.78 is 2.51. The molecule has 1 fully saturated rings. The number of fused-ring (bicyclic) bond motifs is 1. The largest absolute Gasteiger partial charge is 0.315 e. The van der Waals surface area contributed by atoms with E-state index in [4.69, 9.17) is 0 Å². The standard InChI is InChI=1S/C16H21N3S.2CH4/c1-12-9-18-11-14-5-3-6-15(16(12)14)20-19-8-4-7-17-10-13(19)2;;/h3,5-6,9,11,13,17H,4,7-8,10H2,1-2H3;2*1H4. The molecule has 1 unspecified atom stereocenters. The molecular formula is C18H29N3S. The van der Waals surface area contributed by atoms with Gasteiger partial charge in [0.25, 0.3) is 0 Å². The van der Waals surface area contributed by atoms with E-state index in [9.17, 15) is 0 Å². The molecule has 1 atom stereocenters. The molecule has 1 aromatic carbocycles. The lowest BCUT2D eigenvalue weighted by atomic mass is 10.1. The summed E-state index contributed by atoms with van der Waals surface area (Å²) in [5.41, 5.74) is 1.26. The fourth-order valence-electron chi connectivity index (χ4n) is 2.70. The molecule has 1 aliphatic heterocycles. The van der Waals surface area contributed by atoms with Gasteiger partial charge in [0.1, 0.15) is 0 Å². The minimum absolute atomic E-state index is 0. The minimum Gasteiger partial charge on any atom is -0.315 e. The highest BCUT2D eigenvalue weighted by Crippen LogP contribution is 2.33. The molecule has 1 N–H and O–H groups in total. The number of rotatable bonds is 2. The molecular weight excluding hydrogens is 290 g/mol. The highest BCUT2D eigenvalue weighted by atomic mass is 32.2. The number of pyridine rings is 1. The van der Waals surface area contributed by atoms with Crippen molar-refractivity contribution in [1.82, 2.24) is 14.6 Å². The van der Waals surface area contributed by atoms with E-state index in [0.29, 0.717) is 6.04 Å². The molecule has 4 heteroatoms. The van der Waals surface area contributed by atoms with Crippen molar-refractivity contribution in [3.63, 3.8) is 0 Å². The Bertz CT molecular complexity index is 595. The van der Waals surface area contributed by atoms with Crippen molar-refractivity contribution in [2.75, 3.05) is 19.6 Å². The van der Waals surface area contributed by atoms with Gasteiger partial charge in [-0.15, -0.1) is 0 Å². The summed E-state index contributed by atoms with van der Waals surface area (Å²) in [6.07, 6.45) is 5.13. The van der Waals surface area contributed by atoms with Gasteiger partial charge in [0.2, 0.25) is 0 Å². The second kappa shape index (κ2) is 8.51. The van der Waals surface area contributed by atoms with Crippen molar-refractivity contribution in [2.45, 2.75) is 46.1 Å². The first-order chi connectivity index (χ1) is 9.75. The van der Waals surface area contributed by atoms with E-state index in [-0.39, 0.29) is 14.9 Å². The van der Waals surface area contributed by atoms with Gasteiger partial charge in [-0.1, -0.05) is 27.0 Å². The average molecular weight is 320 g/mol. The number of nitrogens with one attached hydrogen (secondary N) is 1. The molecule has 1 aromatic heterocycles. The van der Waals surface area contributed by atoms with Crippen molar-refractivity contribution >= 4 is 22.7 Å². The first-order valence-electron chi connectivity index (χ1n) is 7.24. The van der Waals surface area contributed by atoms with Crippen LogP contribution in [0.1, 0.15) is 33.8 Å². The summed E-state index contributed by atoms with van der Waals surface area (Å²) in [5, 5.41) is 6.07. The molecule has 2 aromatic rings. The van der Waals surface area contributed by atoms with Crippen molar-refractivity contribution < 1.29 is 0 Å². The maximum absolute atomic E-state index is 4.30. The van der Waals surface area contributed by atoms with Crippen molar-refractivity contribution in [3.8, 4) is 0 Å². The SMILES string of the molecule is C.C.Cc1cncc2cccc(SN3CCCNCC3C)c12. The molecule has 0 amide bonds. The zero-order valence-electron chi connectivity index (χ0n) is 12.1. The maximum atomic E-state index is 4.30. The van der Waals surface area contributed by atoms with E-state index in [1.165, 1.54) is 27.7 Å². The zero-order chi connectivity index (χ0) is 13.9. The van der Waals surface area contributed by atoms with Gasteiger partial charge in [-0.05, 0) is 50.4 Å². The van der Waals surface area contributed by atoms with Gasteiger partial charge in [0, 0.05) is 47.2 Å². The molecule has 0 spiro atoms. The highest BCUT2D eigenvalue weighted by molar-refractivity contribution is 7.97. The van der Waals surface area contributed by atoms with E-state index < -0.39 is 0 Å². The van der Waals surface area contributed by atoms with Crippen LogP contribution in [0.5, 0.6) is 0 Å². The molecule has 2 heterocycles. The summed E-state index contributed by atoms with van der Waals surface area (Å²) in [6.45, 7) is 7.77. The number of nitrogens with zero attached hydrogens (tertiary/aromatic N) is 2. The van der Waals surface area contributed by atoms with Crippen molar-refractivity contribution in [1.29, 1.82) is 0 Å². The van der Waals surface area contributed by atoms with E-state index in [1.807, 2.05) is 24.3 Å². The van der Waals surface area contributed by atoms with Crippen LogP contribution in [-0.4, -0.2) is 35.0 Å². The van der Waals surface area contributed by atoms with Crippen LogP contribution in [-0.2, 0) is 0 Å². The lowest BCUT2D eigenvalue weighted by Gasteiger charge is -2.25. The summed E-state index contributed by atoms with van der Waals surface area (Å²) in [4.78, 5) is 5.64. The first kappa shape index (κ1) is 18.9. The maximum Gasteiger partial charge on any atom is 0.0346 e. The number of aryl methyl sites for hydroxylation is 1. The second-order valence-corrected chi connectivity index (χ2v) is 6.54. The fraction of sp³-hybridized carbons (Fsp3) is 0.500. The normalized spacial score (nSPS) is 19.1. The van der Waals surface area contributed by atoms with Crippen LogP contribution in [0, 0.1) is 6.92 Å². The fourth-order valence-corrected chi connectivity index (χ4v) is 3.94. The Hall–Kier alpha value is -1.10. The minimum atomic E-state index is 0. The van der Waals surface area contributed by atoms with E-state index >= 15 is 0 Å². The molecule has 1 aliphatic rings. The Balaban J connectivity index is 0.00000121. The quantitative estimate of drug-likeness (QED) is 0.825. The van der Waals surface area contributed by atoms with Crippen LogP contribution < -0.4 is 5.32 Å². The number of hydrogen-bond donors (Lipinski definition) is 1. The Morgan fingerprint density at radius 2 is 2.09 bits per heavy atom. The van der Waals surface area contributed by atoms with Gasteiger partial charge >= 0.3 is 0 Å². The third-order valence-corrected chi connectivity index (χ3v) is 5.13. The van der Waals surface area contributed by atoms with Gasteiger partial charge in [-0.25, -0.2) is 4.31 Å². The third kappa shape index (κ3) is 4.00. The van der Waals surface area contributed by atoms with Crippen LogP contribution in [0.2, 0.25) is 0 Å². The van der Waals surface area contributed by atoms with Gasteiger partial charge in [-0.3, -0.25) is 4.98 Å². The molecule has 22 heavy (non-hydrogen) atoms. The third-order valence-electron chi connectivity index (χ3n) is 3.81. The molecule has 3 rings (SSSR count). The molecule has 0 aliphatic carbocycles. The number of hydrogen-bond acceptors (Lipinski definition) is 4. The lowest BCUT2D eigenvalue weighted by Crippen LogP contribution is -2.32. The van der Waals surface area contributed by atoms with E-state index in [1.54, 1.807) is 0 Å². The predicted molar refractivity (Wildman–Crippen MR) is 99.5 cm³/mol. The topological polar surface area (TPSA) is 28.2 Å². The monoisotopic (exact) mass is 319 g/mol. The van der Waals surface area contributed by atoms with Crippen LogP contribution in [0.3, 0.4) is 0 Å². The van der Waals surface area contributed by atoms with Crippen LogP contribution in [0.4, 0.5) is 0 Å². The molecule has 3 nitrogen and oxygen atoms in total. The van der Waals surface area contributed by atoms with Crippen LogP contribution >= 0.6 is 11.9 Å². The van der Waals surface area contributed by atoms with E-state index in [2.05, 4.69) is 46.7 Å². The Morgan fingerprint density at radius 1 is 1.27 bits per heavy atom. The average Bonchev–Trinajstić information content (AvgIpc) is 2.65. The predicted octanol–water partition coefficient (Wildman–Crippen LogP) is 4.51. The van der Waals surface area contributed by atoms with Crippen molar-refractivity contribution in [3.05, 3.63) is 36.2 Å². The Labute approximate surface area is 139 Å². The highest BCUT2D eigenvalue weighted by Gasteiger charge is 2.18. The van der Waals surface area contributed by atoms with Crippen LogP contribution in [0.25, 0.3) is 10.8 Å². The Kier molecular flexibility index (Phi) is 7.33. The van der Waals surface area contributed by atoms with Gasteiger partial charge < -0.3 is 5.32 Å². The number of aromatic nitrogens is 1. The first-order valence-corrected chi connectivity index (χ1v) is 8.01. The Morgan fingerprint density at radius 3 is 2.91 bits per heavy atom. The lowest BCUT2D eigenvalue weighted by molar-refractivity contribution is 0.394. The van der Waals surface area contributed by atoms with Crippen LogP contribution in [0.15, 0.2) is 35.5 Å². The summed E-state index contributed by atoms with van der Waals surface area (Å²) in [7, 11) is 0. The second-order valence-electron chi connectivity index (χ2n) is 5.45. The summed E-state index contributed by atoms with van der Waals surface area (Å²) in [6, 6.07) is 7.06. The molecule has 0 radical (unpaired) electrons. The zero-order valence-corrected chi connectivity index (χ0v) is 12.9. The number of benzene rings is 1. The molecule has 0 bridgehead atoms.